The molecule has 0 saturated heterocycles. The van der Waals surface area contributed by atoms with Crippen molar-refractivity contribution >= 4 is 49.1 Å². The first-order valence-corrected chi connectivity index (χ1v) is 13.0. The normalized spacial score (nSPS) is 21.2. The van der Waals surface area contributed by atoms with E-state index in [4.69, 9.17) is 4.74 Å². The molecule has 0 bridgehead atoms. The van der Waals surface area contributed by atoms with Crippen molar-refractivity contribution in [1.82, 2.24) is 4.40 Å². The van der Waals surface area contributed by atoms with Crippen LogP contribution in [0, 0.1) is 0 Å². The van der Waals surface area contributed by atoms with Crippen LogP contribution in [0.1, 0.15) is 25.8 Å². The molecule has 37 heavy (non-hydrogen) atoms. The molecule has 184 valence electrons. The summed E-state index contributed by atoms with van der Waals surface area (Å²) in [7, 11) is 1.77. The first-order valence-electron chi connectivity index (χ1n) is 13.0. The van der Waals surface area contributed by atoms with Crippen LogP contribution in [0.5, 0.6) is 0 Å². The average molecular weight is 488 g/mol. The Balaban J connectivity index is 1.90. The minimum atomic E-state index is -0.610. The van der Waals surface area contributed by atoms with Gasteiger partial charge in [0.25, 0.3) is 5.65 Å². The lowest BCUT2D eigenvalue weighted by atomic mass is 9.59. The molecule has 0 radical (unpaired) electrons. The molecule has 1 N–H and O–H groups in total. The molecule has 2 unspecified atom stereocenters. The molecule has 1 aliphatic rings. The van der Waals surface area contributed by atoms with Crippen LogP contribution in [-0.2, 0) is 15.7 Å². The van der Waals surface area contributed by atoms with E-state index in [1.54, 1.807) is 7.11 Å². The highest BCUT2D eigenvalue weighted by molar-refractivity contribution is 6.19. The first-order chi connectivity index (χ1) is 18.0. The Labute approximate surface area is 216 Å². The number of rotatable bonds is 5. The maximum absolute atomic E-state index is 10.7. The number of pyridine rings is 1. The molecule has 0 amide bonds. The number of imidazole rings is 1. The summed E-state index contributed by atoms with van der Waals surface area (Å²) in [6.45, 7) is 9.63. The van der Waals surface area contributed by atoms with Gasteiger partial charge in [0.15, 0.2) is 11.0 Å². The molecule has 0 spiro atoms. The summed E-state index contributed by atoms with van der Waals surface area (Å²) in [4.78, 5) is 0. The molecule has 2 atom stereocenters. The molecule has 6 aromatic rings. The second-order valence-electron chi connectivity index (χ2n) is 10.8. The summed E-state index contributed by atoms with van der Waals surface area (Å²) in [5.74, 6) is 0. The zero-order valence-corrected chi connectivity index (χ0v) is 21.6. The third kappa shape index (κ3) is 2.57. The molecule has 0 saturated carbocycles. The summed E-state index contributed by atoms with van der Waals surface area (Å²) in [5, 5.41) is 16.9. The Kier molecular flexibility index (Phi) is 4.64. The van der Waals surface area contributed by atoms with Crippen LogP contribution in [0.15, 0.2) is 91.0 Å². The van der Waals surface area contributed by atoms with Gasteiger partial charge in [-0.05, 0) is 59.5 Å². The van der Waals surface area contributed by atoms with Crippen molar-refractivity contribution < 1.29 is 14.4 Å². The van der Waals surface area contributed by atoms with Crippen LogP contribution < -0.4 is 4.57 Å². The van der Waals surface area contributed by atoms with Gasteiger partial charge in [0, 0.05) is 29.9 Å². The van der Waals surface area contributed by atoms with Gasteiger partial charge in [-0.3, -0.25) is 0 Å². The molecule has 1 aliphatic heterocycles. The maximum atomic E-state index is 10.7. The summed E-state index contributed by atoms with van der Waals surface area (Å²) in [6, 6.07) is 28.4. The van der Waals surface area contributed by atoms with Crippen molar-refractivity contribution in [3.8, 4) is 0 Å². The Bertz CT molecular complexity index is 1920. The molecular weight excluding hydrogens is 456 g/mol. The van der Waals surface area contributed by atoms with Crippen molar-refractivity contribution in [3.63, 3.8) is 0 Å². The van der Waals surface area contributed by atoms with E-state index < -0.39 is 11.0 Å². The number of aromatic nitrogens is 2. The quantitative estimate of drug-likeness (QED) is 0.132. The number of methoxy groups -OCH3 is 1. The Morgan fingerprint density at radius 2 is 1.59 bits per heavy atom. The van der Waals surface area contributed by atoms with Crippen LogP contribution in [0.4, 0.5) is 0 Å². The SMILES string of the molecule is C=C(CO)C1(C)[n+]2c3ccccc3n3c4ccccc4c4cc5ccccc5c(c4c32)C1(C)CCOC. The van der Waals surface area contributed by atoms with Crippen molar-refractivity contribution in [2.75, 3.05) is 20.3 Å². The van der Waals surface area contributed by atoms with E-state index in [-0.39, 0.29) is 6.61 Å². The average Bonchev–Trinajstić information content (AvgIpc) is 3.29. The molecule has 2 aromatic heterocycles. The number of fused-ring (bicyclic) bond motifs is 8. The fraction of sp³-hybridized carbons (Fsp3) is 0.242. The monoisotopic (exact) mass is 487 g/mol. The Morgan fingerprint density at radius 3 is 2.35 bits per heavy atom. The van der Waals surface area contributed by atoms with Crippen LogP contribution in [0.2, 0.25) is 0 Å². The summed E-state index contributed by atoms with van der Waals surface area (Å²) in [6.07, 6.45) is 0.785. The van der Waals surface area contributed by atoms with Crippen LogP contribution in [0.3, 0.4) is 0 Å². The number of ether oxygens (including phenoxy) is 1. The number of hydrogen-bond donors (Lipinski definition) is 1. The molecule has 0 fully saturated rings. The van der Waals surface area contributed by atoms with E-state index in [1.165, 1.54) is 38.0 Å². The topological polar surface area (TPSA) is 37.8 Å². The van der Waals surface area contributed by atoms with E-state index in [2.05, 4.69) is 108 Å². The van der Waals surface area contributed by atoms with E-state index >= 15 is 0 Å². The lowest BCUT2D eigenvalue weighted by Crippen LogP contribution is -2.68. The van der Waals surface area contributed by atoms with E-state index in [9.17, 15) is 5.11 Å². The van der Waals surface area contributed by atoms with Crippen LogP contribution >= 0.6 is 0 Å². The fourth-order valence-corrected chi connectivity index (χ4v) is 7.22. The van der Waals surface area contributed by atoms with Crippen LogP contribution in [0.25, 0.3) is 49.1 Å². The molecular formula is C33H31N2O2+. The van der Waals surface area contributed by atoms with Crippen LogP contribution in [-0.4, -0.2) is 29.8 Å². The van der Waals surface area contributed by atoms with E-state index in [0.717, 1.165) is 28.7 Å². The van der Waals surface area contributed by atoms with E-state index in [1.807, 2.05) is 0 Å². The van der Waals surface area contributed by atoms with Gasteiger partial charge in [0.05, 0.1) is 12.0 Å². The molecule has 4 aromatic carbocycles. The first kappa shape index (κ1) is 22.5. The highest BCUT2D eigenvalue weighted by Crippen LogP contribution is 2.54. The standard InChI is InChI=1S/C33H31N2O2/c1-21(20-36)33(3)32(2,17-18-37-4)30-23-12-6-5-11-22(23)19-25-24-13-7-8-14-26(24)34-27-15-9-10-16-28(27)35(33)31(34)29(25)30/h5-16,19,36H,1,17-18,20H2,2-4H3/q+1. The predicted octanol–water partition coefficient (Wildman–Crippen LogP) is 6.41. The molecule has 0 aliphatic carbocycles. The van der Waals surface area contributed by atoms with Gasteiger partial charge >= 0.3 is 0 Å². The minimum absolute atomic E-state index is 0.0887. The largest absolute Gasteiger partial charge is 0.392 e. The number of aliphatic hydroxyl groups excluding tert-OH is 1. The molecule has 4 nitrogen and oxygen atoms in total. The van der Waals surface area contributed by atoms with E-state index in [0.29, 0.717) is 6.61 Å². The van der Waals surface area contributed by atoms with Crippen molar-refractivity contribution in [2.24, 2.45) is 0 Å². The third-order valence-electron chi connectivity index (χ3n) is 9.25. The maximum Gasteiger partial charge on any atom is 0.296 e. The fourth-order valence-electron chi connectivity index (χ4n) is 7.22. The minimum Gasteiger partial charge on any atom is -0.392 e. The van der Waals surface area contributed by atoms with Gasteiger partial charge < -0.3 is 9.84 Å². The second kappa shape index (κ2) is 7.64. The van der Waals surface area contributed by atoms with Crippen molar-refractivity contribution in [2.45, 2.75) is 31.2 Å². The van der Waals surface area contributed by atoms with Crippen molar-refractivity contribution in [1.29, 1.82) is 0 Å². The summed E-state index contributed by atoms with van der Waals surface area (Å²) >= 11 is 0. The van der Waals surface area contributed by atoms with Gasteiger partial charge in [-0.1, -0.05) is 68.1 Å². The molecule has 3 heterocycles. The lowest BCUT2D eigenvalue weighted by molar-refractivity contribution is -0.717. The smallest absolute Gasteiger partial charge is 0.296 e. The number of aliphatic hydroxyl groups is 1. The van der Waals surface area contributed by atoms with Gasteiger partial charge in [-0.25, -0.2) is 4.57 Å². The summed E-state index contributed by atoms with van der Waals surface area (Å²) < 4.78 is 10.6. The number of para-hydroxylation sites is 3. The number of benzene rings is 4. The third-order valence-corrected chi connectivity index (χ3v) is 9.25. The highest BCUT2D eigenvalue weighted by Gasteiger charge is 2.58. The summed E-state index contributed by atoms with van der Waals surface area (Å²) in [5.41, 5.74) is 5.72. The zero-order chi connectivity index (χ0) is 25.5. The molecule has 7 rings (SSSR count). The molecule has 4 heteroatoms. The second-order valence-corrected chi connectivity index (χ2v) is 10.8. The highest BCUT2D eigenvalue weighted by atomic mass is 16.5. The Morgan fingerprint density at radius 1 is 0.919 bits per heavy atom. The number of nitrogens with zero attached hydrogens (tertiary/aromatic N) is 2. The number of hydrogen-bond acceptors (Lipinski definition) is 2. The zero-order valence-electron chi connectivity index (χ0n) is 21.6. The van der Waals surface area contributed by atoms with Gasteiger partial charge in [0.1, 0.15) is 11.1 Å². The lowest BCUT2D eigenvalue weighted by Gasteiger charge is -2.48. The predicted molar refractivity (Wildman–Crippen MR) is 151 cm³/mol. The Hall–Kier alpha value is -3.73. The van der Waals surface area contributed by atoms with Crippen molar-refractivity contribution in [3.05, 3.63) is 96.6 Å². The van der Waals surface area contributed by atoms with Gasteiger partial charge in [0.2, 0.25) is 0 Å². The van der Waals surface area contributed by atoms with Gasteiger partial charge in [-0.2, -0.15) is 4.40 Å². The van der Waals surface area contributed by atoms with Gasteiger partial charge in [-0.15, -0.1) is 0 Å².